The lowest BCUT2D eigenvalue weighted by Crippen LogP contribution is -2.40. The fraction of sp³-hybridized carbons (Fsp3) is 0.296. The first-order chi connectivity index (χ1) is 18.4. The summed E-state index contributed by atoms with van der Waals surface area (Å²) in [5, 5.41) is 2.83. The summed E-state index contributed by atoms with van der Waals surface area (Å²) < 4.78 is 80.8. The number of hydrogen-bond donors (Lipinski definition) is 1. The van der Waals surface area contributed by atoms with Crippen LogP contribution in [0.3, 0.4) is 0 Å². The van der Waals surface area contributed by atoms with E-state index in [1.807, 2.05) is 13.8 Å². The molecule has 0 aliphatic rings. The number of ether oxygens (including phenoxy) is 2. The summed E-state index contributed by atoms with van der Waals surface area (Å²) in [5.74, 6) is 0.291. The average Bonchev–Trinajstić information content (AvgIpc) is 2.91. The number of amides is 2. The molecule has 8 nitrogen and oxygen atoms in total. The largest absolute Gasteiger partial charge is 0.495 e. The molecule has 210 valence electrons. The molecule has 12 heteroatoms. The summed E-state index contributed by atoms with van der Waals surface area (Å²) in [5.41, 5.74) is -0.150. The van der Waals surface area contributed by atoms with Crippen LogP contribution in [0.15, 0.2) is 71.6 Å². The van der Waals surface area contributed by atoms with Crippen molar-refractivity contribution >= 4 is 21.8 Å². The van der Waals surface area contributed by atoms with Gasteiger partial charge in [0.1, 0.15) is 10.6 Å². The molecule has 0 heterocycles. The highest BCUT2D eigenvalue weighted by Gasteiger charge is 2.32. The zero-order valence-electron chi connectivity index (χ0n) is 21.8. The quantitative estimate of drug-likeness (QED) is 0.289. The minimum Gasteiger partial charge on any atom is -0.495 e. The Balaban J connectivity index is 1.90. The van der Waals surface area contributed by atoms with E-state index < -0.39 is 32.8 Å². The monoisotopic (exact) mass is 566 g/mol. The molecule has 0 fully saturated rings. The molecule has 0 spiro atoms. The highest BCUT2D eigenvalue weighted by Crippen LogP contribution is 2.34. The highest BCUT2D eigenvalue weighted by atomic mass is 32.2. The Morgan fingerprint density at radius 2 is 1.64 bits per heavy atom. The number of carbonyl (C=O) groups excluding carboxylic acids is 1. The molecule has 0 saturated carbocycles. The Hall–Kier alpha value is -3.93. The summed E-state index contributed by atoms with van der Waals surface area (Å²) >= 11 is 0. The van der Waals surface area contributed by atoms with Crippen LogP contribution in [0, 0.1) is 0 Å². The number of benzene rings is 3. The lowest BCUT2D eigenvalue weighted by Gasteiger charge is -2.29. The Labute approximate surface area is 225 Å². The molecule has 1 atom stereocenters. The standard InChI is InChI=1S/C27H29F3N2O6S/c1-5-18(2)32(26(33)31-22-11-6-7-12-23(22)36-3)17-19-13-14-24(37-4)25(15-19)38-39(34,35)21-10-8-9-20(16-21)27(28,29)30/h6-16,18H,5,17H2,1-4H3,(H,31,33). The van der Waals surface area contributed by atoms with Crippen LogP contribution in [0.2, 0.25) is 0 Å². The molecule has 3 aromatic rings. The Morgan fingerprint density at radius 1 is 0.949 bits per heavy atom. The maximum atomic E-state index is 13.2. The third-order valence-electron chi connectivity index (χ3n) is 5.96. The van der Waals surface area contributed by atoms with Crippen LogP contribution in [0.25, 0.3) is 0 Å². The van der Waals surface area contributed by atoms with E-state index in [-0.39, 0.29) is 24.1 Å². The Kier molecular flexibility index (Phi) is 9.33. The van der Waals surface area contributed by atoms with Gasteiger partial charge in [-0.1, -0.05) is 31.2 Å². The second-order valence-electron chi connectivity index (χ2n) is 8.56. The molecule has 3 aromatic carbocycles. The summed E-state index contributed by atoms with van der Waals surface area (Å²) in [6.45, 7) is 3.85. The molecular formula is C27H29F3N2O6S. The van der Waals surface area contributed by atoms with E-state index in [0.29, 0.717) is 29.5 Å². The Bertz CT molecular complexity index is 1410. The van der Waals surface area contributed by atoms with Crippen LogP contribution in [-0.2, 0) is 22.8 Å². The first-order valence-electron chi connectivity index (χ1n) is 11.9. The summed E-state index contributed by atoms with van der Waals surface area (Å²) in [4.78, 5) is 14.1. The zero-order valence-corrected chi connectivity index (χ0v) is 22.6. The minimum absolute atomic E-state index is 0.0443. The number of alkyl halides is 3. The SMILES string of the molecule is CCC(C)N(Cc1ccc(OC)c(OS(=O)(=O)c2cccc(C(F)(F)F)c2)c1)C(=O)Nc1ccccc1OC. The van der Waals surface area contributed by atoms with E-state index in [9.17, 15) is 26.4 Å². The van der Waals surface area contributed by atoms with E-state index in [1.165, 1.54) is 26.4 Å². The lowest BCUT2D eigenvalue weighted by molar-refractivity contribution is -0.137. The van der Waals surface area contributed by atoms with Crippen molar-refractivity contribution in [3.05, 3.63) is 77.9 Å². The molecular weight excluding hydrogens is 537 g/mol. The van der Waals surface area contributed by atoms with E-state index in [4.69, 9.17) is 13.7 Å². The van der Waals surface area contributed by atoms with Gasteiger partial charge < -0.3 is 23.9 Å². The van der Waals surface area contributed by atoms with Crippen molar-refractivity contribution in [2.45, 2.75) is 43.9 Å². The van der Waals surface area contributed by atoms with Gasteiger partial charge in [0.2, 0.25) is 0 Å². The molecule has 39 heavy (non-hydrogen) atoms. The third-order valence-corrected chi connectivity index (χ3v) is 7.19. The first kappa shape index (κ1) is 29.6. The van der Waals surface area contributed by atoms with Gasteiger partial charge in [-0.15, -0.1) is 0 Å². The van der Waals surface area contributed by atoms with Crippen molar-refractivity contribution < 1.29 is 40.0 Å². The van der Waals surface area contributed by atoms with Gasteiger partial charge in [-0.3, -0.25) is 0 Å². The smallest absolute Gasteiger partial charge is 0.416 e. The second kappa shape index (κ2) is 12.3. The maximum Gasteiger partial charge on any atom is 0.416 e. The number of rotatable bonds is 10. The van der Waals surface area contributed by atoms with Crippen LogP contribution in [-0.4, -0.2) is 39.6 Å². The van der Waals surface area contributed by atoms with Crippen molar-refractivity contribution in [1.29, 1.82) is 0 Å². The van der Waals surface area contributed by atoms with Crippen molar-refractivity contribution in [2.24, 2.45) is 0 Å². The normalized spacial score (nSPS) is 12.4. The summed E-state index contributed by atoms with van der Waals surface area (Å²) in [7, 11) is -1.86. The highest BCUT2D eigenvalue weighted by molar-refractivity contribution is 7.87. The van der Waals surface area contributed by atoms with Crippen LogP contribution in [0.5, 0.6) is 17.2 Å². The van der Waals surface area contributed by atoms with E-state index in [2.05, 4.69) is 5.32 Å². The number of urea groups is 1. The van der Waals surface area contributed by atoms with Gasteiger partial charge in [0.25, 0.3) is 0 Å². The molecule has 0 saturated heterocycles. The molecule has 2 amide bonds. The molecule has 0 aliphatic heterocycles. The van der Waals surface area contributed by atoms with E-state index >= 15 is 0 Å². The molecule has 0 bridgehead atoms. The van der Waals surface area contributed by atoms with Crippen LogP contribution in [0.4, 0.5) is 23.7 Å². The number of carbonyl (C=O) groups is 1. The van der Waals surface area contributed by atoms with Crippen LogP contribution < -0.4 is 19.0 Å². The molecule has 1 N–H and O–H groups in total. The number of para-hydroxylation sites is 2. The Morgan fingerprint density at radius 3 is 2.28 bits per heavy atom. The van der Waals surface area contributed by atoms with Gasteiger partial charge in [0.05, 0.1) is 25.5 Å². The van der Waals surface area contributed by atoms with Gasteiger partial charge in [0, 0.05) is 12.6 Å². The van der Waals surface area contributed by atoms with E-state index in [1.54, 1.807) is 35.2 Å². The lowest BCUT2D eigenvalue weighted by atomic mass is 10.1. The predicted octanol–water partition coefficient (Wildman–Crippen LogP) is 6.32. The fourth-order valence-electron chi connectivity index (χ4n) is 3.66. The number of nitrogens with zero attached hydrogens (tertiary/aromatic N) is 1. The van der Waals surface area contributed by atoms with Crippen molar-refractivity contribution in [3.63, 3.8) is 0 Å². The van der Waals surface area contributed by atoms with Gasteiger partial charge in [-0.25, -0.2) is 4.79 Å². The van der Waals surface area contributed by atoms with E-state index in [0.717, 1.165) is 18.2 Å². The predicted molar refractivity (Wildman–Crippen MR) is 140 cm³/mol. The average molecular weight is 567 g/mol. The molecule has 0 aromatic heterocycles. The molecule has 0 radical (unpaired) electrons. The number of anilines is 1. The third kappa shape index (κ3) is 7.34. The minimum atomic E-state index is -4.73. The fourth-order valence-corrected chi connectivity index (χ4v) is 4.64. The zero-order chi connectivity index (χ0) is 28.8. The second-order valence-corrected chi connectivity index (χ2v) is 10.1. The molecule has 1 unspecified atom stereocenters. The van der Waals surface area contributed by atoms with Gasteiger partial charge in [0.15, 0.2) is 11.5 Å². The summed E-state index contributed by atoms with van der Waals surface area (Å²) in [6.07, 6.45) is -4.10. The van der Waals surface area contributed by atoms with Gasteiger partial charge >= 0.3 is 22.3 Å². The first-order valence-corrected chi connectivity index (χ1v) is 13.3. The van der Waals surface area contributed by atoms with Crippen molar-refractivity contribution in [1.82, 2.24) is 4.90 Å². The molecule has 3 rings (SSSR count). The van der Waals surface area contributed by atoms with Crippen LogP contribution in [0.1, 0.15) is 31.4 Å². The number of hydrogen-bond acceptors (Lipinski definition) is 6. The maximum absolute atomic E-state index is 13.2. The van der Waals surface area contributed by atoms with Crippen LogP contribution >= 0.6 is 0 Å². The van der Waals surface area contributed by atoms with Crippen molar-refractivity contribution in [2.75, 3.05) is 19.5 Å². The molecule has 0 aliphatic carbocycles. The number of halogens is 3. The number of methoxy groups -OCH3 is 2. The topological polar surface area (TPSA) is 94.2 Å². The summed E-state index contributed by atoms with van der Waals surface area (Å²) in [6, 6.07) is 14.0. The number of nitrogens with one attached hydrogen (secondary N) is 1. The van der Waals surface area contributed by atoms with Gasteiger partial charge in [-0.05, 0) is 61.4 Å². The van der Waals surface area contributed by atoms with Crippen molar-refractivity contribution in [3.8, 4) is 17.2 Å². The van der Waals surface area contributed by atoms with Gasteiger partial charge in [-0.2, -0.15) is 21.6 Å².